The Morgan fingerprint density at radius 3 is 1.14 bits per heavy atom. The zero-order valence-corrected chi connectivity index (χ0v) is 57.7. The molecular formula is C88H80N12. The minimum absolute atomic E-state index is 0.715. The van der Waals surface area contributed by atoms with E-state index < -0.39 is 0 Å². The number of benzene rings is 8. The van der Waals surface area contributed by atoms with E-state index in [0.29, 0.717) is 11.6 Å². The van der Waals surface area contributed by atoms with Crippen LogP contribution < -0.4 is 0 Å². The van der Waals surface area contributed by atoms with E-state index in [2.05, 4.69) is 134 Å². The van der Waals surface area contributed by atoms with Crippen LogP contribution in [0.4, 0.5) is 0 Å². The number of fused-ring (bicyclic) bond motifs is 2. The van der Waals surface area contributed by atoms with Gasteiger partial charge in [0.15, 0.2) is 17.5 Å². The zero-order valence-electron chi connectivity index (χ0n) is 57.7. The van der Waals surface area contributed by atoms with Gasteiger partial charge < -0.3 is 0 Å². The van der Waals surface area contributed by atoms with Crippen molar-refractivity contribution in [2.24, 2.45) is 0 Å². The minimum atomic E-state index is 0.715. The molecule has 100 heavy (non-hydrogen) atoms. The summed E-state index contributed by atoms with van der Waals surface area (Å²) in [5.74, 6) is 3.73. The first-order valence-electron chi connectivity index (χ1n) is 32.9. The Hall–Kier alpha value is -12.8. The molecule has 0 amide bonds. The number of aryl methyl sites for hydroxylation is 8. The minimum Gasteiger partial charge on any atom is -0.265 e. The number of aromatic nitrogens is 12. The molecule has 0 unspecified atom stereocenters. The maximum Gasteiger partial charge on any atom is 0.163 e. The van der Waals surface area contributed by atoms with Crippen molar-refractivity contribution in [3.63, 3.8) is 0 Å². The van der Waals surface area contributed by atoms with Crippen LogP contribution in [0.3, 0.4) is 0 Å². The molecule has 0 saturated heterocycles. The molecule has 0 bridgehead atoms. The highest BCUT2D eigenvalue weighted by atomic mass is 15.0. The van der Waals surface area contributed by atoms with Gasteiger partial charge in [0.2, 0.25) is 0 Å². The molecule has 8 aromatic heterocycles. The van der Waals surface area contributed by atoms with E-state index in [-0.39, 0.29) is 0 Å². The van der Waals surface area contributed by atoms with Crippen LogP contribution in [0.2, 0.25) is 0 Å². The number of rotatable bonds is 6. The predicted octanol–water partition coefficient (Wildman–Crippen LogP) is 21.0. The van der Waals surface area contributed by atoms with Crippen LogP contribution in [0.5, 0.6) is 0 Å². The summed E-state index contributed by atoms with van der Waals surface area (Å²) in [5.41, 5.74) is 18.5. The maximum atomic E-state index is 4.66. The van der Waals surface area contributed by atoms with Crippen molar-refractivity contribution in [1.29, 1.82) is 0 Å². The van der Waals surface area contributed by atoms with Crippen molar-refractivity contribution in [2.75, 3.05) is 0 Å². The summed E-state index contributed by atoms with van der Waals surface area (Å²) < 4.78 is 0. The average Bonchev–Trinajstić information content (AvgIpc) is 0.892. The molecule has 0 radical (unpaired) electrons. The normalized spacial score (nSPS) is 10.0. The van der Waals surface area contributed by atoms with Gasteiger partial charge in [-0.05, 0) is 144 Å². The van der Waals surface area contributed by atoms with E-state index in [1.807, 2.05) is 297 Å². The summed E-state index contributed by atoms with van der Waals surface area (Å²) in [4.78, 5) is 51.8. The Labute approximate surface area is 587 Å². The van der Waals surface area contributed by atoms with Crippen LogP contribution in [0.15, 0.2) is 341 Å². The molecule has 0 fully saturated rings. The van der Waals surface area contributed by atoms with Crippen LogP contribution in [-0.4, -0.2) is 59.8 Å². The molecule has 0 aliphatic heterocycles. The molecule has 0 saturated carbocycles. The Morgan fingerprint density at radius 2 is 0.690 bits per heavy atom. The molecule has 16 rings (SSSR count). The highest BCUT2D eigenvalue weighted by Gasteiger charge is 2.10. The van der Waals surface area contributed by atoms with Crippen LogP contribution in [0.25, 0.3) is 89.7 Å². The van der Waals surface area contributed by atoms with Gasteiger partial charge in [0.05, 0.1) is 28.1 Å². The van der Waals surface area contributed by atoms with E-state index in [9.17, 15) is 0 Å². The lowest BCUT2D eigenvalue weighted by atomic mass is 10.1. The highest BCUT2D eigenvalue weighted by Crippen LogP contribution is 2.26. The third-order valence-electron chi connectivity index (χ3n) is 14.8. The van der Waals surface area contributed by atoms with Crippen molar-refractivity contribution in [3.05, 3.63) is 386 Å². The molecule has 0 atom stereocenters. The van der Waals surface area contributed by atoms with Gasteiger partial charge >= 0.3 is 0 Å². The first kappa shape index (κ1) is 71.5. The molecule has 12 nitrogen and oxygen atoms in total. The summed E-state index contributed by atoms with van der Waals surface area (Å²) in [7, 11) is 0. The quantitative estimate of drug-likeness (QED) is 0.156. The third-order valence-corrected chi connectivity index (χ3v) is 14.8. The van der Waals surface area contributed by atoms with Gasteiger partial charge in [-0.3, -0.25) is 24.9 Å². The third kappa shape index (κ3) is 23.5. The molecular weight excluding hydrogens is 1230 g/mol. The van der Waals surface area contributed by atoms with Crippen LogP contribution in [0, 0.1) is 55.4 Å². The molecule has 8 heterocycles. The Kier molecular flexibility index (Phi) is 27.6. The largest absolute Gasteiger partial charge is 0.265 e. The first-order valence-corrected chi connectivity index (χ1v) is 32.9. The lowest BCUT2D eigenvalue weighted by molar-refractivity contribution is 0.992. The van der Waals surface area contributed by atoms with E-state index in [1.54, 1.807) is 24.8 Å². The van der Waals surface area contributed by atoms with Gasteiger partial charge in [0.1, 0.15) is 11.6 Å². The van der Waals surface area contributed by atoms with E-state index >= 15 is 0 Å². The Bertz CT molecular complexity index is 4440. The molecule has 12 heteroatoms. The summed E-state index contributed by atoms with van der Waals surface area (Å²) in [6.45, 7) is 16.0. The molecule has 0 aliphatic rings. The molecule has 0 aliphatic carbocycles. The predicted molar refractivity (Wildman–Crippen MR) is 411 cm³/mol. The van der Waals surface area contributed by atoms with Gasteiger partial charge in [-0.15, -0.1) is 0 Å². The van der Waals surface area contributed by atoms with Crippen molar-refractivity contribution in [1.82, 2.24) is 59.8 Å². The van der Waals surface area contributed by atoms with Gasteiger partial charge in [0.25, 0.3) is 0 Å². The summed E-state index contributed by atoms with van der Waals surface area (Å²) in [6, 6.07) is 98.8. The highest BCUT2D eigenvalue weighted by molar-refractivity contribution is 5.81. The standard InChI is InChI=1S/2C17H14N2.C16H13N3.2C10H9N.3C6H7N/c1-13-18-16(14-8-4-2-5-9-14)12-17(19-13)15-10-6-3-7-11-15;1-13-12-16(14-8-4-2-5-9-14)19-17(18-13)15-10-6-3-7-11-15;1-12-17-15(13-8-4-2-5-9-13)19-16(18-12)14-10-6-3-7-11-14;1-8-4-2-6-10-9(8)5-3-7-11-10;1-8-6-9-4-2-3-5-10(9)11-7-8;1-6-2-4-7-5-3-6;1-6-3-2-4-7-5-6;1-6-4-2-3-5-7-6/h2*2-12H,1H3;2-11H,1H3;2*2-7H,1H3;3*2-5H,1H3. The van der Waals surface area contributed by atoms with Gasteiger partial charge in [0, 0.05) is 98.9 Å². The van der Waals surface area contributed by atoms with Crippen molar-refractivity contribution < 1.29 is 0 Å². The lowest BCUT2D eigenvalue weighted by Crippen LogP contribution is -1.99. The maximum absolute atomic E-state index is 4.66. The summed E-state index contributed by atoms with van der Waals surface area (Å²) in [6.07, 6.45) is 12.7. The van der Waals surface area contributed by atoms with Crippen LogP contribution >= 0.6 is 0 Å². The fraction of sp³-hybridized carbons (Fsp3) is 0.0909. The van der Waals surface area contributed by atoms with Gasteiger partial charge in [-0.1, -0.05) is 231 Å². The van der Waals surface area contributed by atoms with Crippen LogP contribution in [-0.2, 0) is 0 Å². The second-order valence-corrected chi connectivity index (χ2v) is 23.0. The van der Waals surface area contributed by atoms with Crippen LogP contribution in [0.1, 0.15) is 45.3 Å². The lowest BCUT2D eigenvalue weighted by Gasteiger charge is -2.06. The Balaban J connectivity index is 0.000000138. The second-order valence-electron chi connectivity index (χ2n) is 23.0. The van der Waals surface area contributed by atoms with E-state index in [1.165, 1.54) is 33.0 Å². The number of nitrogens with zero attached hydrogens (tertiary/aromatic N) is 12. The van der Waals surface area contributed by atoms with Gasteiger partial charge in [-0.2, -0.15) is 0 Å². The van der Waals surface area contributed by atoms with Crippen molar-refractivity contribution in [2.45, 2.75) is 55.4 Å². The fourth-order valence-corrected chi connectivity index (χ4v) is 9.80. The molecule has 0 N–H and O–H groups in total. The summed E-state index contributed by atoms with van der Waals surface area (Å²) >= 11 is 0. The number of hydrogen-bond acceptors (Lipinski definition) is 12. The second kappa shape index (κ2) is 38.7. The summed E-state index contributed by atoms with van der Waals surface area (Å²) in [5, 5.41) is 2.46. The number of hydrogen-bond donors (Lipinski definition) is 0. The topological polar surface area (TPSA) is 155 Å². The fourth-order valence-electron chi connectivity index (χ4n) is 9.80. The number of para-hydroxylation sites is 1. The molecule has 492 valence electrons. The molecule has 16 aromatic rings. The molecule has 8 aromatic carbocycles. The monoisotopic (exact) mass is 1300 g/mol. The van der Waals surface area contributed by atoms with E-state index in [4.69, 9.17) is 0 Å². The van der Waals surface area contributed by atoms with Gasteiger partial charge in [-0.25, -0.2) is 34.9 Å². The zero-order chi connectivity index (χ0) is 69.9. The van der Waals surface area contributed by atoms with Crippen molar-refractivity contribution >= 4 is 21.8 Å². The van der Waals surface area contributed by atoms with Crippen molar-refractivity contribution in [3.8, 4) is 67.9 Å². The molecule has 0 spiro atoms. The first-order chi connectivity index (χ1) is 48.9. The average molecular weight is 1310 g/mol. The smallest absolute Gasteiger partial charge is 0.163 e. The SMILES string of the molecule is Cc1cc(-c2ccccc2)nc(-c2ccccc2)n1.Cc1cccc2ncccc12.Cc1ccccn1.Cc1cccnc1.Cc1ccncc1.Cc1cnc2ccccc2c1.Cc1nc(-c2ccccc2)cc(-c2ccccc2)n1.Cc1nc(-c2ccccc2)nc(-c2ccccc2)n1. The Morgan fingerprint density at radius 1 is 0.230 bits per heavy atom. The number of pyridine rings is 5. The van der Waals surface area contributed by atoms with E-state index in [0.717, 1.165) is 90.4 Å².